The summed E-state index contributed by atoms with van der Waals surface area (Å²) in [6, 6.07) is 12.2. The van der Waals surface area contributed by atoms with Gasteiger partial charge in [0.2, 0.25) is 17.7 Å². The van der Waals surface area contributed by atoms with Crippen LogP contribution in [0.3, 0.4) is 0 Å². The summed E-state index contributed by atoms with van der Waals surface area (Å²) in [6.45, 7) is 4.77. The van der Waals surface area contributed by atoms with Gasteiger partial charge >= 0.3 is 23.9 Å². The van der Waals surface area contributed by atoms with Crippen LogP contribution in [0.1, 0.15) is 66.9 Å². The van der Waals surface area contributed by atoms with Crippen molar-refractivity contribution >= 4 is 105 Å². The number of amides is 4. The summed E-state index contributed by atoms with van der Waals surface area (Å²) in [6.07, 6.45) is 3.64. The molecule has 0 aromatic heterocycles. The summed E-state index contributed by atoms with van der Waals surface area (Å²) >= 11 is 12.0. The van der Waals surface area contributed by atoms with Gasteiger partial charge in [0.15, 0.2) is 10.9 Å². The largest absolute Gasteiger partial charge is 0.480 e. The van der Waals surface area contributed by atoms with E-state index in [1.165, 1.54) is 11.8 Å². The molecule has 1 heterocycles. The van der Waals surface area contributed by atoms with E-state index in [9.17, 15) is 63.6 Å². The molecule has 0 radical (unpaired) electrons. The topological polar surface area (TPSA) is 347 Å². The average molecular weight is 1410 g/mol. The second-order valence-corrected chi connectivity index (χ2v) is 22.2. The number of ether oxygens (including phenoxy) is 3. The molecule has 1 aliphatic heterocycles. The van der Waals surface area contributed by atoms with Crippen LogP contribution >= 0.6 is 36.2 Å². The van der Waals surface area contributed by atoms with Gasteiger partial charge in [-0.2, -0.15) is 11.8 Å². The van der Waals surface area contributed by atoms with Gasteiger partial charge < -0.3 is 66.5 Å². The number of carbonyl (C=O) groups excluding carboxylic acids is 5. The number of hydrogen-bond donors (Lipinski definition) is 10. The fraction of sp³-hybridized carbons (Fsp3) is 0.589. The van der Waals surface area contributed by atoms with E-state index in [0.29, 0.717) is 55.3 Å². The number of carboxylic acids is 4. The maximum atomic E-state index is 13.4. The summed E-state index contributed by atoms with van der Waals surface area (Å²) < 4.78 is 16.5. The minimum Gasteiger partial charge on any atom is -0.480 e. The number of rotatable bonds is 40. The molecular formula is C56H84GdN10O16S3. The predicted octanol–water partition coefficient (Wildman–Crippen LogP) is 0.804. The van der Waals surface area contributed by atoms with Crippen molar-refractivity contribution in [2.75, 3.05) is 149 Å². The van der Waals surface area contributed by atoms with Crippen molar-refractivity contribution in [3.63, 3.8) is 0 Å². The maximum Gasteiger partial charge on any atom is 0.326 e. The van der Waals surface area contributed by atoms with E-state index in [4.69, 9.17) is 38.6 Å². The van der Waals surface area contributed by atoms with Gasteiger partial charge in [0, 0.05) is 142 Å². The molecule has 480 valence electrons. The monoisotopic (exact) mass is 1410 g/mol. The van der Waals surface area contributed by atoms with E-state index < -0.39 is 53.7 Å². The zero-order valence-electron chi connectivity index (χ0n) is 48.8. The standard InChI is InChI=1S/C56H84N10O16S3.Gd/c1-40(83)32-41-9-11-44(12-10-41)60-56(84)58-16-4-3-8-46(55(78)79)61-48(68)14-13-47(67)45(15-31-85-2)62-54(77)43-7-5-6-42(33-43)34-59-50(70)39-82-30-29-81-28-27-80-26-17-57-49(69)35-63-18-20-64(36-51(71)72)22-24-66(38-53(75)76)25-23-65(21-19-63)37-52(73)74;/h5-7,9-12,33,45-46H,3-4,8,13-32,34-39H2,1-2H3,(H,57,69)(H,59,70)(H,61,68)(H,62,77)(H,71,72)(H,73,74)(H,75,76)(H,78,79)(H2,58,60,84);/t45-,46-;/m0./s1. The molecule has 1 aliphatic rings. The van der Waals surface area contributed by atoms with Gasteiger partial charge in [-0.1, -0.05) is 36.5 Å². The third kappa shape index (κ3) is 36.4. The van der Waals surface area contributed by atoms with Crippen molar-refractivity contribution in [3.05, 3.63) is 65.2 Å². The summed E-state index contributed by atoms with van der Waals surface area (Å²) in [4.78, 5) is 119. The predicted molar refractivity (Wildman–Crippen MR) is 327 cm³/mol. The number of carboxylic acid groups (broad SMARTS) is 4. The molecule has 26 nitrogen and oxygen atoms in total. The molecule has 30 heteroatoms. The quantitative estimate of drug-likeness (QED) is 0.0326. The van der Waals surface area contributed by atoms with Crippen molar-refractivity contribution in [2.45, 2.75) is 70.5 Å². The Balaban J connectivity index is 0.0000252. The Labute approximate surface area is 549 Å². The van der Waals surface area contributed by atoms with Crippen LogP contribution < -0.4 is 31.9 Å². The number of Topliss-reactive ketones (excluding diaryl/α,β-unsaturated/α-hetero) is 1. The van der Waals surface area contributed by atoms with Gasteiger partial charge in [-0.15, -0.1) is 0 Å². The number of thioether (sulfide) groups is 1. The minimum atomic E-state index is -1.19. The molecule has 0 saturated carbocycles. The first-order valence-corrected chi connectivity index (χ1v) is 30.3. The van der Waals surface area contributed by atoms with Crippen molar-refractivity contribution < 1.29 is 118 Å². The molecule has 4 amide bonds. The van der Waals surface area contributed by atoms with Crippen molar-refractivity contribution in [1.82, 2.24) is 46.2 Å². The Morgan fingerprint density at radius 2 is 1.15 bits per heavy atom. The molecule has 3 rings (SSSR count). The first-order valence-electron chi connectivity index (χ1n) is 28.1. The molecular weight excluding hydrogens is 1320 g/mol. The summed E-state index contributed by atoms with van der Waals surface area (Å²) in [5, 5.41) is 55.5. The van der Waals surface area contributed by atoms with Gasteiger partial charge in [-0.3, -0.25) is 58.0 Å². The van der Waals surface area contributed by atoms with Crippen LogP contribution in [0.25, 0.3) is 0 Å². The molecule has 2 aromatic carbocycles. The second kappa shape index (κ2) is 45.3. The third-order valence-electron chi connectivity index (χ3n) is 13.0. The Morgan fingerprint density at radius 3 is 1.70 bits per heavy atom. The molecule has 0 spiro atoms. The summed E-state index contributed by atoms with van der Waals surface area (Å²) in [7, 11) is 0. The molecule has 0 bridgehead atoms. The maximum absolute atomic E-state index is 13.4. The Hall–Kier alpha value is -4.96. The van der Waals surface area contributed by atoms with E-state index >= 15 is 0 Å². The number of anilines is 1. The third-order valence-corrected chi connectivity index (χ3v) is 14.0. The van der Waals surface area contributed by atoms with Gasteiger partial charge in [-0.05, 0) is 97.1 Å². The Bertz CT molecular complexity index is 2460. The number of aliphatic carboxylic acids is 4. The van der Waals surface area contributed by atoms with E-state index in [0.717, 1.165) is 22.5 Å². The second-order valence-electron chi connectivity index (χ2n) is 20.1. The number of thiocarbonyl (C=S) groups is 2. The normalized spacial score (nSPS) is 14.3. The summed E-state index contributed by atoms with van der Waals surface area (Å²) in [5.41, 5.74) is 2.79. The van der Waals surface area contributed by atoms with Crippen LogP contribution in [0.5, 0.6) is 0 Å². The zero-order valence-corrected chi connectivity index (χ0v) is 53.6. The fourth-order valence-corrected chi connectivity index (χ4v) is 9.41. The van der Waals surface area contributed by atoms with E-state index in [1.807, 2.05) is 42.3 Å². The smallest absolute Gasteiger partial charge is 0.326 e. The van der Waals surface area contributed by atoms with Crippen LogP contribution in [0.15, 0.2) is 48.5 Å². The van der Waals surface area contributed by atoms with Crippen LogP contribution in [0.4, 0.5) is 5.69 Å². The number of nitrogens with one attached hydrogen (secondary N) is 6. The van der Waals surface area contributed by atoms with E-state index in [1.54, 1.807) is 39.0 Å². The number of unbranched alkanes of at least 4 members (excludes halogenated alkanes) is 1. The average Bonchev–Trinajstić information content (AvgIpc) is 3.52. The molecule has 0 unspecified atom stereocenters. The van der Waals surface area contributed by atoms with Gasteiger partial charge in [-0.25, -0.2) is 4.79 Å². The van der Waals surface area contributed by atoms with Gasteiger partial charge in [0.05, 0.1) is 65.3 Å². The number of carbonyl (C=O) groups is 9. The van der Waals surface area contributed by atoms with E-state index in [-0.39, 0.29) is 195 Å². The van der Waals surface area contributed by atoms with Crippen LogP contribution in [-0.4, -0.2) is 259 Å². The van der Waals surface area contributed by atoms with Crippen molar-refractivity contribution in [1.29, 1.82) is 0 Å². The van der Waals surface area contributed by atoms with Crippen LogP contribution in [0.2, 0.25) is 0 Å². The molecule has 2 aromatic rings. The van der Waals surface area contributed by atoms with Crippen LogP contribution in [0, 0.1) is 39.9 Å². The minimum absolute atomic E-state index is 0. The number of ketones is 1. The fourth-order valence-electron chi connectivity index (χ4n) is 8.56. The molecule has 0 aliphatic carbocycles. The molecule has 86 heavy (non-hydrogen) atoms. The van der Waals surface area contributed by atoms with E-state index in [2.05, 4.69) is 31.9 Å². The zero-order chi connectivity index (χ0) is 62.4. The first-order chi connectivity index (χ1) is 40.7. The number of benzene rings is 2. The SMILES string of the molecule is CSCC[C@H](NC(=O)c1cccc(CNC(=O)COCCOCCOCCNC(=O)CN2CCN(CC(=O)O)CCN(CC(=O)O)CCN(CC(=O)O)CC2)c1)C(=O)CCC(=O)N[C@@H](CCCCNC(=S)Nc1ccc(CC(C)=S)cc1)C(=O)O.[Gd]. The van der Waals surface area contributed by atoms with Crippen molar-refractivity contribution in [2.24, 2.45) is 0 Å². The molecule has 2 atom stereocenters. The van der Waals surface area contributed by atoms with Gasteiger partial charge in [0.1, 0.15) is 12.6 Å². The van der Waals surface area contributed by atoms with Crippen LogP contribution in [-0.2, 0) is 65.5 Å². The summed E-state index contributed by atoms with van der Waals surface area (Å²) in [5.74, 6) is -5.97. The molecule has 10 N–H and O–H groups in total. The molecule has 1 saturated heterocycles. The first kappa shape index (κ1) is 77.1. The Morgan fingerprint density at radius 1 is 0.593 bits per heavy atom. The Kier molecular flexibility index (Phi) is 40.7. The number of hydrogen-bond acceptors (Lipinski definition) is 19. The molecule has 1 fully saturated rings. The number of nitrogens with zero attached hydrogens (tertiary/aromatic N) is 4. The van der Waals surface area contributed by atoms with Gasteiger partial charge in [0.25, 0.3) is 5.91 Å². The van der Waals surface area contributed by atoms with Crippen molar-refractivity contribution in [3.8, 4) is 0 Å².